The van der Waals surface area contributed by atoms with E-state index in [9.17, 15) is 52.7 Å². The van der Waals surface area contributed by atoms with Gasteiger partial charge in [0.15, 0.2) is 0 Å². The molecule has 0 rings (SSSR count). The number of rotatable bonds is 4. The zero-order valence-electron chi connectivity index (χ0n) is 8.70. The van der Waals surface area contributed by atoms with Crippen molar-refractivity contribution >= 4 is 22.6 Å². The quantitative estimate of drug-likeness (QED) is 0.319. The lowest BCUT2D eigenvalue weighted by molar-refractivity contribution is -0.397. The van der Waals surface area contributed by atoms with Crippen molar-refractivity contribution in [2.75, 3.05) is 0 Å². The third-order valence-corrected chi connectivity index (χ3v) is 3.15. The zero-order valence-corrected chi connectivity index (χ0v) is 10.9. The molecule has 0 aliphatic heterocycles. The van der Waals surface area contributed by atoms with Crippen molar-refractivity contribution in [3.8, 4) is 0 Å². The highest BCUT2D eigenvalue weighted by molar-refractivity contribution is 14.1. The predicted octanol–water partition coefficient (Wildman–Crippen LogP) is 5.21. The largest absolute Gasteiger partial charge is 0.460 e. The molecule has 0 spiro atoms. The molecule has 0 aromatic heterocycles. The topological polar surface area (TPSA) is 0 Å². The van der Waals surface area contributed by atoms with Gasteiger partial charge >= 0.3 is 30.1 Å². The van der Waals surface area contributed by atoms with E-state index in [0.29, 0.717) is 0 Å². The Morgan fingerprint density at radius 2 is 1.00 bits per heavy atom. The van der Waals surface area contributed by atoms with Gasteiger partial charge in [-0.05, 0) is 0 Å². The van der Waals surface area contributed by atoms with Crippen LogP contribution < -0.4 is 0 Å². The van der Waals surface area contributed by atoms with Crippen LogP contribution in [0, 0.1) is 0 Å². The van der Waals surface area contributed by atoms with Crippen LogP contribution in [0.2, 0.25) is 0 Å². The van der Waals surface area contributed by atoms with E-state index in [1.807, 2.05) is 0 Å². The van der Waals surface area contributed by atoms with E-state index in [2.05, 4.69) is 0 Å². The molecule has 0 aliphatic carbocycles. The Balaban J connectivity index is 5.48. The fraction of sp³-hybridized carbons (Fsp3) is 1.00. The maximum Gasteiger partial charge on any atom is 0.460 e. The van der Waals surface area contributed by atoms with Gasteiger partial charge in [0, 0.05) is 6.42 Å². The van der Waals surface area contributed by atoms with E-state index in [-0.39, 0.29) is 22.6 Å². The molecule has 1 atom stereocenters. The van der Waals surface area contributed by atoms with E-state index >= 15 is 0 Å². The molecule has 1 unspecified atom stereocenters. The Morgan fingerprint density at radius 3 is 1.25 bits per heavy atom. The molecule has 0 saturated carbocycles. The van der Waals surface area contributed by atoms with E-state index < -0.39 is 40.5 Å². The molecule has 20 heavy (non-hydrogen) atoms. The van der Waals surface area contributed by atoms with Gasteiger partial charge in [-0.3, -0.25) is 0 Å². The number of halogens is 13. The molecule has 0 amide bonds. The normalized spacial score (nSPS) is 17.2. The minimum absolute atomic E-state index is 0.198. The Morgan fingerprint density at radius 1 is 0.650 bits per heavy atom. The number of hydrogen-bond donors (Lipinski definition) is 0. The molecule has 0 aliphatic rings. The lowest BCUT2D eigenvalue weighted by atomic mass is 9.99. The zero-order chi connectivity index (χ0) is 16.8. The Bertz CT molecular complexity index is 339. The van der Waals surface area contributed by atoms with E-state index in [1.54, 1.807) is 0 Å². The van der Waals surface area contributed by atoms with Crippen LogP contribution >= 0.6 is 22.6 Å². The molecular weight excluding hydrogens is 439 g/mol. The second kappa shape index (κ2) is 5.26. The molecule has 0 saturated heterocycles. The summed E-state index contributed by atoms with van der Waals surface area (Å²) in [5.74, 6) is -20.4. The van der Waals surface area contributed by atoms with Crippen molar-refractivity contribution < 1.29 is 52.7 Å². The summed E-state index contributed by atoms with van der Waals surface area (Å²) < 4.78 is 143. The first-order valence-corrected chi connectivity index (χ1v) is 5.53. The molecule has 0 radical (unpaired) electrons. The summed E-state index contributed by atoms with van der Waals surface area (Å²) in [5, 5.41) is 0. The predicted molar refractivity (Wildman–Crippen MR) is 49.4 cm³/mol. The molecule has 0 bridgehead atoms. The lowest BCUT2D eigenvalue weighted by Gasteiger charge is -2.34. The Kier molecular flexibility index (Phi) is 5.23. The highest BCUT2D eigenvalue weighted by atomic mass is 127. The second-order valence-corrected chi connectivity index (χ2v) is 5.07. The summed E-state index contributed by atoms with van der Waals surface area (Å²) in [5.41, 5.74) is 0. The fourth-order valence-corrected chi connectivity index (χ4v) is 1.43. The van der Waals surface area contributed by atoms with Crippen molar-refractivity contribution in [2.24, 2.45) is 0 Å². The number of hydrogen-bond acceptors (Lipinski definition) is 0. The first-order chi connectivity index (χ1) is 8.38. The summed E-state index contributed by atoms with van der Waals surface area (Å²) in [6.45, 7) is 0. The lowest BCUT2D eigenvalue weighted by Crippen LogP contribution is -2.61. The van der Waals surface area contributed by atoms with E-state index in [1.165, 1.54) is 0 Å². The molecule has 13 heteroatoms. The SMILES string of the molecule is FC(F)(F)C(I)CC(F)(F)C(F)(F)C(F)(F)C(F)(F)F. The van der Waals surface area contributed by atoms with Gasteiger partial charge in [-0.25, -0.2) is 0 Å². The molecule has 0 aromatic carbocycles. The highest BCUT2D eigenvalue weighted by Crippen LogP contribution is 2.55. The summed E-state index contributed by atoms with van der Waals surface area (Å²) >= 11 is 0.198. The van der Waals surface area contributed by atoms with E-state index in [0.717, 1.165) is 0 Å². The summed E-state index contributed by atoms with van der Waals surface area (Å²) in [6, 6.07) is 0. The van der Waals surface area contributed by atoms with Crippen LogP contribution in [0.1, 0.15) is 6.42 Å². The molecular formula is C7H3F12I. The van der Waals surface area contributed by atoms with Gasteiger partial charge in [0.2, 0.25) is 0 Å². The molecule has 0 nitrogen and oxygen atoms in total. The van der Waals surface area contributed by atoms with Crippen LogP contribution in [-0.2, 0) is 0 Å². The van der Waals surface area contributed by atoms with Crippen LogP contribution in [0.5, 0.6) is 0 Å². The summed E-state index contributed by atoms with van der Waals surface area (Å²) in [7, 11) is 0. The van der Waals surface area contributed by atoms with Gasteiger partial charge < -0.3 is 0 Å². The second-order valence-electron chi connectivity index (χ2n) is 3.56. The average Bonchev–Trinajstić information content (AvgIpc) is 2.12. The molecule has 0 N–H and O–H groups in total. The van der Waals surface area contributed by atoms with E-state index in [4.69, 9.17) is 0 Å². The van der Waals surface area contributed by atoms with Crippen LogP contribution in [0.25, 0.3) is 0 Å². The Hall–Kier alpha value is -0.110. The molecule has 122 valence electrons. The van der Waals surface area contributed by atoms with Gasteiger partial charge in [0.25, 0.3) is 0 Å². The standard InChI is InChI=1S/C7H3F12I/c8-3(9,1-2(20)4(10,11)12)5(13,14)6(15,16)7(17,18)19/h2H,1H2. The first kappa shape index (κ1) is 19.9. The monoisotopic (exact) mass is 442 g/mol. The maximum atomic E-state index is 12.8. The Labute approximate surface area is 116 Å². The van der Waals surface area contributed by atoms with Crippen molar-refractivity contribution in [2.45, 2.75) is 40.5 Å². The van der Waals surface area contributed by atoms with Crippen molar-refractivity contribution in [3.05, 3.63) is 0 Å². The van der Waals surface area contributed by atoms with Crippen molar-refractivity contribution in [1.82, 2.24) is 0 Å². The van der Waals surface area contributed by atoms with Gasteiger partial charge in [-0.2, -0.15) is 52.7 Å². The van der Waals surface area contributed by atoms with Gasteiger partial charge in [0.1, 0.15) is 3.92 Å². The van der Waals surface area contributed by atoms with Gasteiger partial charge in [0.05, 0.1) is 0 Å². The van der Waals surface area contributed by atoms with Crippen LogP contribution in [0.15, 0.2) is 0 Å². The van der Waals surface area contributed by atoms with Crippen LogP contribution in [0.4, 0.5) is 52.7 Å². The summed E-state index contributed by atoms with van der Waals surface area (Å²) in [6.07, 6.45) is -15.4. The fourth-order valence-electron chi connectivity index (χ4n) is 0.877. The van der Waals surface area contributed by atoms with Crippen LogP contribution in [-0.4, -0.2) is 34.0 Å². The molecule has 0 fully saturated rings. The average molecular weight is 442 g/mol. The third kappa shape index (κ3) is 3.55. The minimum atomic E-state index is -7.18. The third-order valence-electron chi connectivity index (χ3n) is 2.00. The van der Waals surface area contributed by atoms with Crippen LogP contribution in [0.3, 0.4) is 0 Å². The van der Waals surface area contributed by atoms with Gasteiger partial charge in [-0.15, -0.1) is 0 Å². The van der Waals surface area contributed by atoms with Crippen molar-refractivity contribution in [3.63, 3.8) is 0 Å². The molecule has 0 heterocycles. The smallest absolute Gasteiger partial charge is 0.200 e. The highest BCUT2D eigenvalue weighted by Gasteiger charge is 2.81. The number of alkyl halides is 13. The maximum absolute atomic E-state index is 12.8. The first-order valence-electron chi connectivity index (χ1n) is 4.29. The molecule has 0 aromatic rings. The van der Waals surface area contributed by atoms with Crippen molar-refractivity contribution in [1.29, 1.82) is 0 Å². The van der Waals surface area contributed by atoms with Gasteiger partial charge in [-0.1, -0.05) is 22.6 Å². The minimum Gasteiger partial charge on any atom is -0.200 e. The summed E-state index contributed by atoms with van der Waals surface area (Å²) in [4.78, 5) is 0.